The molecule has 2 heterocycles. The number of nitrogens with two attached hydrogens (primary N) is 1. The first kappa shape index (κ1) is 64.7. The van der Waals surface area contributed by atoms with Gasteiger partial charge in [0.1, 0.15) is 30.7 Å². The Morgan fingerprint density at radius 3 is 2.07 bits per heavy atom. The predicted octanol–water partition coefficient (Wildman–Crippen LogP) is 6.57. The number of esters is 2. The summed E-state index contributed by atoms with van der Waals surface area (Å²) in [6.07, 6.45) is 28.5. The van der Waals surface area contributed by atoms with Crippen molar-refractivity contribution < 1.29 is 81.6 Å². The Hall–Kier alpha value is -4.44. The molecule has 0 aromatic carbocycles. The van der Waals surface area contributed by atoms with Crippen molar-refractivity contribution >= 4 is 33.4 Å². The Bertz CT molecular complexity index is 2160. The minimum Gasteiger partial charge on any atom is -0.462 e. The third-order valence-electron chi connectivity index (χ3n) is 10.5. The lowest BCUT2D eigenvalue weighted by atomic mass is 10.1. The van der Waals surface area contributed by atoms with Crippen LogP contribution < -0.4 is 11.4 Å². The first-order valence-corrected chi connectivity index (χ1v) is 27.6. The molecule has 1 aromatic rings. The number of hydrogen-bond donors (Lipinski definition) is 8. The van der Waals surface area contributed by atoms with Gasteiger partial charge in [-0.15, -0.1) is 0 Å². The molecule has 0 spiro atoms. The number of phosphoric ester groups is 2. The molecule has 1 aliphatic heterocycles. The van der Waals surface area contributed by atoms with Crippen molar-refractivity contribution in [1.29, 1.82) is 0 Å². The topological polar surface area (TPSA) is 326 Å². The van der Waals surface area contributed by atoms with E-state index in [2.05, 4.69) is 52.7 Å². The molecule has 73 heavy (non-hydrogen) atoms. The Balaban J connectivity index is 1.92. The fraction of sp³-hybridized carbons (Fsp3) is 0.560. The fourth-order valence-electron chi connectivity index (χ4n) is 6.61. The van der Waals surface area contributed by atoms with Crippen molar-refractivity contribution in [1.82, 2.24) is 9.55 Å². The van der Waals surface area contributed by atoms with E-state index in [1.165, 1.54) is 18.2 Å². The number of ether oxygens (including phenoxy) is 3. The number of allylic oxidation sites excluding steroid dienone is 13. The minimum absolute atomic E-state index is 0.0194. The number of unbranched alkanes of at least 4 members (excludes halogenated alkanes) is 5. The molecule has 0 aliphatic carbocycles. The molecule has 23 heteroatoms. The number of hydrogen-bond acceptors (Lipinski definition) is 18. The van der Waals surface area contributed by atoms with Crippen LogP contribution in [0.1, 0.15) is 116 Å². The van der Waals surface area contributed by atoms with Crippen LogP contribution in [0.3, 0.4) is 0 Å². The Labute approximate surface area is 428 Å². The first-order valence-electron chi connectivity index (χ1n) is 24.6. The number of rotatable bonds is 38. The van der Waals surface area contributed by atoms with Gasteiger partial charge in [0.25, 0.3) is 0 Å². The van der Waals surface area contributed by atoms with E-state index in [9.17, 15) is 58.8 Å². The van der Waals surface area contributed by atoms with E-state index >= 15 is 0 Å². The van der Waals surface area contributed by atoms with E-state index in [1.54, 1.807) is 36.5 Å². The third kappa shape index (κ3) is 29.9. The average molecular weight is 1070 g/mol. The summed E-state index contributed by atoms with van der Waals surface area (Å²) in [6.45, 7) is 1.48. The summed E-state index contributed by atoms with van der Waals surface area (Å²) in [5, 5.41) is 51.6. The second-order valence-electron chi connectivity index (χ2n) is 16.8. The summed E-state index contributed by atoms with van der Waals surface area (Å²) in [5.74, 6) is -1.69. The molecule has 1 aromatic heterocycles. The molecular formula is C50H77N3O18P2. The molecule has 1 fully saturated rings. The van der Waals surface area contributed by atoms with Gasteiger partial charge in [0.05, 0.1) is 31.5 Å². The zero-order valence-electron chi connectivity index (χ0n) is 41.7. The summed E-state index contributed by atoms with van der Waals surface area (Å²) in [6, 6.07) is 1.22. The van der Waals surface area contributed by atoms with Gasteiger partial charge < -0.3 is 55.3 Å². The number of anilines is 1. The minimum atomic E-state index is -5.53. The molecule has 0 saturated carbocycles. The van der Waals surface area contributed by atoms with Crippen molar-refractivity contribution in [3.63, 3.8) is 0 Å². The Kier molecular flexibility index (Phi) is 33.1. The number of aliphatic hydroxyl groups is 5. The second-order valence-corrected chi connectivity index (χ2v) is 19.8. The van der Waals surface area contributed by atoms with Crippen LogP contribution in [0.2, 0.25) is 0 Å². The quantitative estimate of drug-likeness (QED) is 0.0114. The highest BCUT2D eigenvalue weighted by Crippen LogP contribution is 2.60. The van der Waals surface area contributed by atoms with Crippen LogP contribution in [-0.4, -0.2) is 119 Å². The summed E-state index contributed by atoms with van der Waals surface area (Å²) in [5.41, 5.74) is 4.54. The lowest BCUT2D eigenvalue weighted by Gasteiger charge is -2.21. The normalized spacial score (nSPS) is 21.1. The number of nitrogen functional groups attached to an aromatic ring is 1. The van der Waals surface area contributed by atoms with Gasteiger partial charge in [-0.25, -0.2) is 13.9 Å². The van der Waals surface area contributed by atoms with Crippen molar-refractivity contribution in [2.75, 3.05) is 25.6 Å². The Morgan fingerprint density at radius 1 is 0.767 bits per heavy atom. The molecule has 0 amide bonds. The van der Waals surface area contributed by atoms with E-state index in [0.29, 0.717) is 12.8 Å². The van der Waals surface area contributed by atoms with E-state index in [4.69, 9.17) is 29.0 Å². The van der Waals surface area contributed by atoms with Gasteiger partial charge in [0, 0.05) is 19.0 Å². The van der Waals surface area contributed by atoms with Crippen LogP contribution in [0.15, 0.2) is 114 Å². The molecule has 410 valence electrons. The van der Waals surface area contributed by atoms with Gasteiger partial charge in [-0.05, 0) is 70.3 Å². The molecule has 0 bridgehead atoms. The maximum Gasteiger partial charge on any atom is 0.481 e. The lowest BCUT2D eigenvalue weighted by Crippen LogP contribution is -2.36. The van der Waals surface area contributed by atoms with Gasteiger partial charge in [-0.3, -0.25) is 23.2 Å². The van der Waals surface area contributed by atoms with E-state index < -0.39 is 102 Å². The summed E-state index contributed by atoms with van der Waals surface area (Å²) in [4.78, 5) is 61.9. The highest BCUT2D eigenvalue weighted by molar-refractivity contribution is 7.61. The molecule has 2 rings (SSSR count). The van der Waals surface area contributed by atoms with Gasteiger partial charge in [-0.1, -0.05) is 130 Å². The SMILES string of the molecule is CC/C=C\C/C=C\C/C=C\CCCCCCCC(=O)OC[C@H](COP(=O)(O)OP(=O)(O)OC[C@H]1O[C@@H](n2ccc(N)nc2=O)[C@H](O)[C@@H]1O)OC(=O)CCC[C@@H](O)[C@H](O)\C=C/C=C\C=C\C=C\[C@@H](O)C/C=C\CC. The molecule has 21 nitrogen and oxygen atoms in total. The molecule has 1 aliphatic rings. The molecular weight excluding hydrogens is 993 g/mol. The van der Waals surface area contributed by atoms with E-state index in [0.717, 1.165) is 68.6 Å². The number of aliphatic hydroxyl groups excluding tert-OH is 5. The largest absolute Gasteiger partial charge is 0.481 e. The van der Waals surface area contributed by atoms with Gasteiger partial charge in [0.2, 0.25) is 0 Å². The van der Waals surface area contributed by atoms with Crippen molar-refractivity contribution in [2.45, 2.75) is 159 Å². The molecule has 2 unspecified atom stereocenters. The highest BCUT2D eigenvalue weighted by atomic mass is 31.3. The van der Waals surface area contributed by atoms with Crippen LogP contribution in [0, 0.1) is 0 Å². The maximum atomic E-state index is 12.9. The number of aromatic nitrogens is 2. The highest BCUT2D eigenvalue weighted by Gasteiger charge is 2.46. The molecule has 1 saturated heterocycles. The molecule has 10 atom stereocenters. The van der Waals surface area contributed by atoms with Crippen molar-refractivity contribution in [3.05, 3.63) is 120 Å². The maximum absolute atomic E-state index is 12.9. The number of carbonyl (C=O) groups excluding carboxylic acids is 2. The predicted molar refractivity (Wildman–Crippen MR) is 274 cm³/mol. The second kappa shape index (κ2) is 37.3. The van der Waals surface area contributed by atoms with Crippen LogP contribution >= 0.6 is 15.6 Å². The molecule has 0 radical (unpaired) electrons. The Morgan fingerprint density at radius 2 is 1.37 bits per heavy atom. The van der Waals surface area contributed by atoms with Crippen LogP contribution in [-0.2, 0) is 46.3 Å². The average Bonchev–Trinajstić information content (AvgIpc) is 3.62. The summed E-state index contributed by atoms with van der Waals surface area (Å²) >= 11 is 0. The van der Waals surface area contributed by atoms with Gasteiger partial charge in [0.15, 0.2) is 12.3 Å². The zero-order chi connectivity index (χ0) is 53.9. The molecule has 9 N–H and O–H groups in total. The van der Waals surface area contributed by atoms with Crippen molar-refractivity contribution in [3.8, 4) is 0 Å². The van der Waals surface area contributed by atoms with Crippen LogP contribution in [0.4, 0.5) is 5.82 Å². The monoisotopic (exact) mass is 1070 g/mol. The standard InChI is InChI=1S/C50H77N3O18P2/c1-3-5-7-8-9-10-11-12-13-14-15-16-17-22-26-32-45(57)66-36-40(69-46(58)33-27-31-42(56)41(55)30-25-21-19-18-20-24-29-39(54)28-23-6-4-2)37-67-72(62,63)71-73(64,65)68-38-43-47(59)48(60)49(70-43)53-35-34-44(51)52-50(53)61/h5-7,9-10,12-13,18-21,23-25,29-30,34-35,39-43,47-49,54-56,59-60H,3-4,8,11,14-17,22,26-28,31-33,36-38H2,1-2H3,(H,62,63)(H,64,65)(H2,51,52,61)/b7-5-,10-9-,13-12-,20-18+,21-19-,23-6-,29-24+,30-25-/t39-,40+,41+,42+,43+,47+,48+,49+/m0/s1. The summed E-state index contributed by atoms with van der Waals surface area (Å²) < 4.78 is 56.4. The van der Waals surface area contributed by atoms with Crippen LogP contribution in [0.25, 0.3) is 0 Å². The number of nitrogens with zero attached hydrogens (tertiary/aromatic N) is 2. The van der Waals surface area contributed by atoms with Gasteiger partial charge in [-0.2, -0.15) is 9.29 Å². The van der Waals surface area contributed by atoms with Crippen LogP contribution in [0.5, 0.6) is 0 Å². The zero-order valence-corrected chi connectivity index (χ0v) is 43.5. The number of carbonyl (C=O) groups is 2. The first-order chi connectivity index (χ1) is 34.9. The van der Waals surface area contributed by atoms with Gasteiger partial charge >= 0.3 is 33.3 Å². The van der Waals surface area contributed by atoms with E-state index in [1.807, 2.05) is 19.1 Å². The smallest absolute Gasteiger partial charge is 0.462 e. The van der Waals surface area contributed by atoms with E-state index in [-0.39, 0.29) is 31.5 Å². The fourth-order valence-corrected chi connectivity index (χ4v) is 8.72. The van der Waals surface area contributed by atoms with Crippen molar-refractivity contribution in [2.24, 2.45) is 0 Å². The summed E-state index contributed by atoms with van der Waals surface area (Å²) in [7, 11) is -11.0. The third-order valence-corrected chi connectivity index (χ3v) is 13.1. The number of phosphoric acid groups is 2. The lowest BCUT2D eigenvalue weighted by molar-refractivity contribution is -0.161.